The SMILES string of the molecule is CC(C)N(CC1CC1)C1CCCC1C#N. The van der Waals surface area contributed by atoms with E-state index in [9.17, 15) is 0 Å². The maximum atomic E-state index is 9.14. The van der Waals surface area contributed by atoms with E-state index in [2.05, 4.69) is 24.8 Å². The van der Waals surface area contributed by atoms with Crippen molar-refractivity contribution < 1.29 is 0 Å². The standard InChI is InChI=1S/C13H22N2/c1-10(2)15(9-11-6-7-11)13-5-3-4-12(13)8-14/h10-13H,3-7,9H2,1-2H3. The highest BCUT2D eigenvalue weighted by Gasteiger charge is 2.36. The van der Waals surface area contributed by atoms with E-state index in [0.717, 1.165) is 12.3 Å². The Kier molecular flexibility index (Phi) is 3.31. The Morgan fingerprint density at radius 1 is 1.27 bits per heavy atom. The van der Waals surface area contributed by atoms with Crippen molar-refractivity contribution in [2.45, 2.75) is 58.0 Å². The summed E-state index contributed by atoms with van der Waals surface area (Å²) in [5.41, 5.74) is 0. The van der Waals surface area contributed by atoms with Gasteiger partial charge in [-0.05, 0) is 45.4 Å². The molecule has 0 amide bonds. The largest absolute Gasteiger partial charge is 0.296 e. The minimum atomic E-state index is 0.297. The van der Waals surface area contributed by atoms with Gasteiger partial charge in [-0.25, -0.2) is 0 Å². The van der Waals surface area contributed by atoms with Gasteiger partial charge in [0, 0.05) is 18.6 Å². The molecule has 0 aromatic carbocycles. The van der Waals surface area contributed by atoms with Crippen LogP contribution in [0, 0.1) is 23.2 Å². The number of hydrogen-bond donors (Lipinski definition) is 0. The molecule has 2 fully saturated rings. The van der Waals surface area contributed by atoms with E-state index in [1.54, 1.807) is 0 Å². The van der Waals surface area contributed by atoms with E-state index in [1.165, 1.54) is 32.2 Å². The zero-order chi connectivity index (χ0) is 10.8. The summed E-state index contributed by atoms with van der Waals surface area (Å²) in [6.45, 7) is 5.78. The van der Waals surface area contributed by atoms with Crippen LogP contribution in [0.1, 0.15) is 46.0 Å². The molecule has 0 bridgehead atoms. The van der Waals surface area contributed by atoms with Gasteiger partial charge in [0.1, 0.15) is 0 Å². The quantitative estimate of drug-likeness (QED) is 0.707. The molecule has 0 saturated heterocycles. The maximum absolute atomic E-state index is 9.14. The highest BCUT2D eigenvalue weighted by molar-refractivity contribution is 4.99. The molecule has 0 aromatic rings. The molecule has 2 rings (SSSR count). The van der Waals surface area contributed by atoms with Gasteiger partial charge < -0.3 is 0 Å². The van der Waals surface area contributed by atoms with E-state index >= 15 is 0 Å². The lowest BCUT2D eigenvalue weighted by atomic mass is 10.0. The second-order valence-corrected chi connectivity index (χ2v) is 5.47. The first-order valence-electron chi connectivity index (χ1n) is 6.37. The predicted octanol–water partition coefficient (Wildman–Crippen LogP) is 2.80. The van der Waals surface area contributed by atoms with Gasteiger partial charge >= 0.3 is 0 Å². The van der Waals surface area contributed by atoms with E-state index in [4.69, 9.17) is 5.26 Å². The van der Waals surface area contributed by atoms with Gasteiger partial charge in [0.25, 0.3) is 0 Å². The van der Waals surface area contributed by atoms with Gasteiger partial charge in [-0.2, -0.15) is 5.26 Å². The molecule has 0 aliphatic heterocycles. The average molecular weight is 206 g/mol. The second kappa shape index (κ2) is 4.53. The Morgan fingerprint density at radius 2 is 2.00 bits per heavy atom. The number of rotatable bonds is 4. The highest BCUT2D eigenvalue weighted by Crippen LogP contribution is 2.35. The topological polar surface area (TPSA) is 27.0 Å². The molecule has 2 saturated carbocycles. The fraction of sp³-hybridized carbons (Fsp3) is 0.923. The molecule has 0 heterocycles. The van der Waals surface area contributed by atoms with Crippen molar-refractivity contribution in [1.29, 1.82) is 5.26 Å². The summed E-state index contributed by atoms with van der Waals surface area (Å²) in [7, 11) is 0. The lowest BCUT2D eigenvalue weighted by Gasteiger charge is -2.34. The molecule has 84 valence electrons. The molecule has 2 atom stereocenters. The molecule has 2 aliphatic carbocycles. The van der Waals surface area contributed by atoms with Gasteiger partial charge in [0.15, 0.2) is 0 Å². The van der Waals surface area contributed by atoms with Crippen LogP contribution < -0.4 is 0 Å². The third kappa shape index (κ3) is 2.52. The minimum Gasteiger partial charge on any atom is -0.296 e. The normalized spacial score (nSPS) is 31.1. The van der Waals surface area contributed by atoms with E-state index in [0.29, 0.717) is 18.0 Å². The highest BCUT2D eigenvalue weighted by atomic mass is 15.2. The molecule has 0 radical (unpaired) electrons. The predicted molar refractivity (Wildman–Crippen MR) is 61.3 cm³/mol. The van der Waals surface area contributed by atoms with E-state index in [1.807, 2.05) is 0 Å². The molecule has 2 aliphatic rings. The van der Waals surface area contributed by atoms with Gasteiger partial charge in [0.2, 0.25) is 0 Å². The number of hydrogen-bond acceptors (Lipinski definition) is 2. The van der Waals surface area contributed by atoms with Gasteiger partial charge in [-0.3, -0.25) is 4.90 Å². The van der Waals surface area contributed by atoms with Crippen LogP contribution in [0.25, 0.3) is 0 Å². The van der Waals surface area contributed by atoms with Crippen molar-refractivity contribution in [1.82, 2.24) is 4.90 Å². The first-order valence-corrected chi connectivity index (χ1v) is 6.37. The van der Waals surface area contributed by atoms with Crippen LogP contribution in [0.5, 0.6) is 0 Å². The van der Waals surface area contributed by atoms with Crippen molar-refractivity contribution in [3.05, 3.63) is 0 Å². The smallest absolute Gasteiger partial charge is 0.0672 e. The van der Waals surface area contributed by atoms with Crippen molar-refractivity contribution in [3.63, 3.8) is 0 Å². The first kappa shape index (κ1) is 11.0. The molecule has 2 unspecified atom stereocenters. The van der Waals surface area contributed by atoms with Gasteiger partial charge in [0.05, 0.1) is 12.0 Å². The van der Waals surface area contributed by atoms with E-state index in [-0.39, 0.29) is 0 Å². The fourth-order valence-electron chi connectivity index (χ4n) is 2.82. The van der Waals surface area contributed by atoms with Crippen LogP contribution in [0.2, 0.25) is 0 Å². The zero-order valence-electron chi connectivity index (χ0n) is 9.95. The molecule has 2 nitrogen and oxygen atoms in total. The summed E-state index contributed by atoms with van der Waals surface area (Å²) in [5.74, 6) is 1.23. The minimum absolute atomic E-state index is 0.297. The molecule has 2 heteroatoms. The molecule has 15 heavy (non-hydrogen) atoms. The lowest BCUT2D eigenvalue weighted by molar-refractivity contribution is 0.131. The van der Waals surface area contributed by atoms with Crippen LogP contribution in [-0.2, 0) is 0 Å². The Hall–Kier alpha value is -0.550. The number of nitriles is 1. The monoisotopic (exact) mass is 206 g/mol. The third-order valence-electron chi connectivity index (χ3n) is 3.90. The summed E-state index contributed by atoms with van der Waals surface area (Å²) in [4.78, 5) is 2.60. The van der Waals surface area contributed by atoms with Crippen molar-refractivity contribution in [2.24, 2.45) is 11.8 Å². The maximum Gasteiger partial charge on any atom is 0.0672 e. The van der Waals surface area contributed by atoms with Crippen LogP contribution in [0.4, 0.5) is 0 Å². The molecular weight excluding hydrogens is 184 g/mol. The summed E-state index contributed by atoms with van der Waals surface area (Å²) in [6.07, 6.45) is 6.43. The summed E-state index contributed by atoms with van der Waals surface area (Å²) < 4.78 is 0. The van der Waals surface area contributed by atoms with Crippen LogP contribution in [0.3, 0.4) is 0 Å². The van der Waals surface area contributed by atoms with E-state index < -0.39 is 0 Å². The number of nitrogens with zero attached hydrogens (tertiary/aromatic N) is 2. The van der Waals surface area contributed by atoms with Crippen LogP contribution in [-0.4, -0.2) is 23.5 Å². The zero-order valence-corrected chi connectivity index (χ0v) is 9.95. The van der Waals surface area contributed by atoms with Crippen molar-refractivity contribution >= 4 is 0 Å². The van der Waals surface area contributed by atoms with Crippen molar-refractivity contribution in [2.75, 3.05) is 6.54 Å². The summed E-state index contributed by atoms with van der Waals surface area (Å²) in [6, 6.07) is 3.65. The third-order valence-corrected chi connectivity index (χ3v) is 3.90. The Bertz CT molecular complexity index is 250. The van der Waals surface area contributed by atoms with Crippen LogP contribution in [0.15, 0.2) is 0 Å². The second-order valence-electron chi connectivity index (χ2n) is 5.47. The summed E-state index contributed by atoms with van der Waals surface area (Å²) >= 11 is 0. The Balaban J connectivity index is 1.99. The van der Waals surface area contributed by atoms with Gasteiger partial charge in [-0.1, -0.05) is 6.42 Å². The fourth-order valence-corrected chi connectivity index (χ4v) is 2.82. The molecule has 0 N–H and O–H groups in total. The summed E-state index contributed by atoms with van der Waals surface area (Å²) in [5, 5.41) is 9.14. The van der Waals surface area contributed by atoms with Gasteiger partial charge in [-0.15, -0.1) is 0 Å². The molecular formula is C13H22N2. The van der Waals surface area contributed by atoms with Crippen molar-refractivity contribution in [3.8, 4) is 6.07 Å². The molecule has 0 aromatic heterocycles. The Labute approximate surface area is 93.3 Å². The lowest BCUT2D eigenvalue weighted by Crippen LogP contribution is -2.43. The average Bonchev–Trinajstić information content (AvgIpc) is 2.91. The Morgan fingerprint density at radius 3 is 2.53 bits per heavy atom. The first-order chi connectivity index (χ1) is 7.22. The molecule has 0 spiro atoms. The van der Waals surface area contributed by atoms with Crippen LogP contribution >= 0.6 is 0 Å².